The van der Waals surface area contributed by atoms with Gasteiger partial charge in [-0.05, 0) is 26.9 Å². The van der Waals surface area contributed by atoms with Gasteiger partial charge in [0.25, 0.3) is 0 Å². The van der Waals surface area contributed by atoms with Crippen molar-refractivity contribution in [1.82, 2.24) is 4.90 Å². The summed E-state index contributed by atoms with van der Waals surface area (Å²) in [6.45, 7) is 4.69. The van der Waals surface area contributed by atoms with Gasteiger partial charge in [0.2, 0.25) is 0 Å². The Morgan fingerprint density at radius 2 is 1.81 bits per heavy atom. The number of nitrogens with zero attached hydrogens (tertiary/aromatic N) is 1. The molecule has 98 valence electrons. The van der Waals surface area contributed by atoms with E-state index >= 15 is 0 Å². The highest BCUT2D eigenvalue weighted by Gasteiger charge is 2.39. The Bertz CT molecular complexity index is 239. The maximum absolute atomic E-state index is 11.0. The lowest BCUT2D eigenvalue weighted by Gasteiger charge is -2.26. The molecule has 1 unspecified atom stereocenters. The van der Waals surface area contributed by atoms with Crippen molar-refractivity contribution in [2.45, 2.75) is 44.9 Å². The first-order chi connectivity index (χ1) is 7.20. The number of rotatable bonds is 8. The monoisotopic (exact) mass is 253 g/mol. The fourth-order valence-corrected chi connectivity index (χ4v) is 1.68. The summed E-state index contributed by atoms with van der Waals surface area (Å²) in [6, 6.07) is 0. The summed E-state index contributed by atoms with van der Waals surface area (Å²) in [7, 11) is -2.53. The third kappa shape index (κ3) is 5.97. The van der Waals surface area contributed by atoms with Crippen molar-refractivity contribution in [2.75, 3.05) is 20.1 Å². The van der Waals surface area contributed by atoms with Crippen LogP contribution in [0.1, 0.15) is 39.5 Å². The summed E-state index contributed by atoms with van der Waals surface area (Å²) in [5.41, 5.74) is 0. The van der Waals surface area contributed by atoms with E-state index in [9.17, 15) is 9.67 Å². The van der Waals surface area contributed by atoms with Crippen LogP contribution in [0.15, 0.2) is 0 Å². The summed E-state index contributed by atoms with van der Waals surface area (Å²) >= 11 is 0. The third-order valence-electron chi connectivity index (χ3n) is 2.74. The molecule has 0 saturated carbocycles. The normalized spacial score (nSPS) is 16.4. The van der Waals surface area contributed by atoms with Gasteiger partial charge in [-0.2, -0.15) is 0 Å². The topological polar surface area (TPSA) is 81.0 Å². The Kier molecular flexibility index (Phi) is 6.75. The predicted octanol–water partition coefficient (Wildman–Crippen LogP) is 1.38. The fourth-order valence-electron chi connectivity index (χ4n) is 1.29. The van der Waals surface area contributed by atoms with Crippen LogP contribution < -0.4 is 0 Å². The molecule has 0 saturated heterocycles. The van der Waals surface area contributed by atoms with Crippen molar-refractivity contribution >= 4 is 7.60 Å². The first-order valence-corrected chi connectivity index (χ1v) is 7.28. The molecule has 0 bridgehead atoms. The molecule has 0 aromatic carbocycles. The van der Waals surface area contributed by atoms with Gasteiger partial charge in [-0.3, -0.25) is 4.57 Å². The zero-order valence-electron chi connectivity index (χ0n) is 10.4. The van der Waals surface area contributed by atoms with Gasteiger partial charge in [0.15, 0.2) is 5.34 Å². The predicted molar refractivity (Wildman–Crippen MR) is 64.3 cm³/mol. The van der Waals surface area contributed by atoms with E-state index in [-0.39, 0.29) is 6.42 Å². The average Bonchev–Trinajstić information content (AvgIpc) is 2.13. The molecule has 0 heterocycles. The summed E-state index contributed by atoms with van der Waals surface area (Å²) in [5, 5.41) is 7.67. The molecule has 0 aliphatic rings. The lowest BCUT2D eigenvalue weighted by molar-refractivity contribution is 0.0890. The van der Waals surface area contributed by atoms with Gasteiger partial charge in [-0.25, -0.2) is 0 Å². The Morgan fingerprint density at radius 3 is 2.25 bits per heavy atom. The van der Waals surface area contributed by atoms with Crippen molar-refractivity contribution in [3.05, 3.63) is 0 Å². The number of hydrogen-bond donors (Lipinski definition) is 3. The van der Waals surface area contributed by atoms with Crippen molar-refractivity contribution in [3.8, 4) is 0 Å². The second-order valence-corrected chi connectivity index (χ2v) is 6.57. The number of hydrogen-bond acceptors (Lipinski definition) is 3. The quantitative estimate of drug-likeness (QED) is 0.450. The molecule has 0 radical (unpaired) electrons. The van der Waals surface area contributed by atoms with Gasteiger partial charge in [0.1, 0.15) is 0 Å². The van der Waals surface area contributed by atoms with Crippen molar-refractivity contribution in [2.24, 2.45) is 0 Å². The van der Waals surface area contributed by atoms with E-state index in [2.05, 4.69) is 6.92 Å². The van der Waals surface area contributed by atoms with Gasteiger partial charge in [-0.1, -0.05) is 19.8 Å². The van der Waals surface area contributed by atoms with Crippen LogP contribution in [-0.4, -0.2) is 45.3 Å². The zero-order chi connectivity index (χ0) is 12.8. The molecule has 0 aromatic rings. The molecule has 0 aliphatic heterocycles. The molecule has 0 amide bonds. The molecule has 0 rings (SSSR count). The van der Waals surface area contributed by atoms with Crippen LogP contribution in [0.4, 0.5) is 0 Å². The van der Waals surface area contributed by atoms with Gasteiger partial charge < -0.3 is 19.8 Å². The molecule has 0 aliphatic carbocycles. The third-order valence-corrected chi connectivity index (χ3v) is 4.22. The SMILES string of the molecule is CCCCCN(C)CCC(C)(O)P(=O)(O)O. The zero-order valence-corrected chi connectivity index (χ0v) is 11.3. The molecule has 1 atom stereocenters. The van der Waals surface area contributed by atoms with E-state index in [1.165, 1.54) is 6.92 Å². The molecule has 0 aromatic heterocycles. The average molecular weight is 253 g/mol. The highest BCUT2D eigenvalue weighted by molar-refractivity contribution is 7.53. The van der Waals surface area contributed by atoms with Crippen LogP contribution in [-0.2, 0) is 4.57 Å². The van der Waals surface area contributed by atoms with Crippen molar-refractivity contribution in [3.63, 3.8) is 0 Å². The Hall–Kier alpha value is 0.0700. The summed E-state index contributed by atoms with van der Waals surface area (Å²) in [5.74, 6) is 0. The molecule has 5 nitrogen and oxygen atoms in total. The Morgan fingerprint density at radius 1 is 1.25 bits per heavy atom. The highest BCUT2D eigenvalue weighted by Crippen LogP contribution is 2.50. The van der Waals surface area contributed by atoms with Crippen LogP contribution in [0.3, 0.4) is 0 Å². The van der Waals surface area contributed by atoms with Crippen molar-refractivity contribution in [1.29, 1.82) is 0 Å². The first-order valence-electron chi connectivity index (χ1n) is 5.67. The van der Waals surface area contributed by atoms with Gasteiger partial charge in [0, 0.05) is 13.0 Å². The van der Waals surface area contributed by atoms with E-state index in [1.807, 2.05) is 11.9 Å². The summed E-state index contributed by atoms with van der Waals surface area (Å²) in [4.78, 5) is 19.8. The molecular formula is C10H24NO4P. The van der Waals surface area contributed by atoms with Crippen LogP contribution in [0.5, 0.6) is 0 Å². The van der Waals surface area contributed by atoms with Crippen molar-refractivity contribution < 1.29 is 19.5 Å². The van der Waals surface area contributed by atoms with Gasteiger partial charge in [-0.15, -0.1) is 0 Å². The van der Waals surface area contributed by atoms with Crippen LogP contribution in [0, 0.1) is 0 Å². The minimum Gasteiger partial charge on any atom is -0.377 e. The lowest BCUT2D eigenvalue weighted by atomic mass is 10.2. The van der Waals surface area contributed by atoms with Crippen LogP contribution >= 0.6 is 7.60 Å². The standard InChI is InChI=1S/C10H24NO4P/c1-4-5-6-8-11(3)9-7-10(2,12)16(13,14)15/h12H,4-9H2,1-3H3,(H2,13,14,15). The Balaban J connectivity index is 3.91. The highest BCUT2D eigenvalue weighted by atomic mass is 31.2. The maximum atomic E-state index is 11.0. The summed E-state index contributed by atoms with van der Waals surface area (Å²) < 4.78 is 11.0. The van der Waals surface area contributed by atoms with Crippen LogP contribution in [0.2, 0.25) is 0 Å². The first kappa shape index (κ1) is 16.1. The minimum absolute atomic E-state index is 0.0832. The number of aliphatic hydroxyl groups is 1. The molecule has 0 fully saturated rings. The second-order valence-electron chi connectivity index (χ2n) is 4.52. The number of unbranched alkanes of at least 4 members (excludes halogenated alkanes) is 2. The Labute approximate surface area is 97.6 Å². The lowest BCUT2D eigenvalue weighted by Crippen LogP contribution is -2.31. The van der Waals surface area contributed by atoms with E-state index in [0.717, 1.165) is 25.8 Å². The molecule has 0 spiro atoms. The maximum Gasteiger partial charge on any atom is 0.356 e. The van der Waals surface area contributed by atoms with E-state index in [0.29, 0.717) is 6.54 Å². The molecular weight excluding hydrogens is 229 g/mol. The minimum atomic E-state index is -4.43. The van der Waals surface area contributed by atoms with Gasteiger partial charge in [0.05, 0.1) is 0 Å². The van der Waals surface area contributed by atoms with Crippen LogP contribution in [0.25, 0.3) is 0 Å². The van der Waals surface area contributed by atoms with E-state index < -0.39 is 12.9 Å². The fraction of sp³-hybridized carbons (Fsp3) is 1.00. The molecule has 6 heteroatoms. The van der Waals surface area contributed by atoms with Gasteiger partial charge >= 0.3 is 7.60 Å². The van der Waals surface area contributed by atoms with E-state index in [4.69, 9.17) is 9.79 Å². The summed E-state index contributed by atoms with van der Waals surface area (Å²) in [6.07, 6.45) is 3.46. The molecule has 16 heavy (non-hydrogen) atoms. The second kappa shape index (κ2) is 6.72. The van der Waals surface area contributed by atoms with E-state index in [1.54, 1.807) is 0 Å². The largest absolute Gasteiger partial charge is 0.377 e. The smallest absolute Gasteiger partial charge is 0.356 e. The molecule has 3 N–H and O–H groups in total.